The molecule has 0 bridgehead atoms. The van der Waals surface area contributed by atoms with Crippen LogP contribution in [0.1, 0.15) is 47.5 Å². The van der Waals surface area contributed by atoms with Crippen LogP contribution in [0, 0.1) is 5.92 Å². The quantitative estimate of drug-likeness (QED) is 0.808. The first-order valence-electron chi connectivity index (χ1n) is 7.09. The lowest BCUT2D eigenvalue weighted by Gasteiger charge is -2.46. The third kappa shape index (κ3) is 4.76. The molecule has 1 aliphatic heterocycles. The molecule has 3 atom stereocenters. The van der Waals surface area contributed by atoms with Crippen molar-refractivity contribution in [2.75, 3.05) is 0 Å². The highest BCUT2D eigenvalue weighted by molar-refractivity contribution is 5.69. The highest BCUT2D eigenvalue weighted by Gasteiger charge is 2.53. The molecule has 0 aliphatic carbocycles. The Morgan fingerprint density at radius 3 is 2.14 bits per heavy atom. The van der Waals surface area contributed by atoms with Crippen LogP contribution in [0.2, 0.25) is 0 Å². The van der Waals surface area contributed by atoms with Crippen molar-refractivity contribution in [2.45, 2.75) is 77.4 Å². The normalized spacial score (nSPS) is 27.9. The van der Waals surface area contributed by atoms with E-state index in [-0.39, 0.29) is 12.3 Å². The Hall–Kier alpha value is -0.980. The summed E-state index contributed by atoms with van der Waals surface area (Å²) in [5.41, 5.74) is -0.870. The Labute approximate surface area is 123 Å². The second-order valence-corrected chi connectivity index (χ2v) is 6.88. The average Bonchev–Trinajstić information content (AvgIpc) is 2.23. The van der Waals surface area contributed by atoms with Crippen LogP contribution in [0.15, 0.2) is 0 Å². The van der Waals surface area contributed by atoms with Crippen LogP contribution in [-0.2, 0) is 4.74 Å². The summed E-state index contributed by atoms with van der Waals surface area (Å²) in [4.78, 5) is 13.0. The van der Waals surface area contributed by atoms with Gasteiger partial charge in [-0.2, -0.15) is 13.2 Å². The number of amides is 1. The Morgan fingerprint density at radius 2 is 1.76 bits per heavy atom. The minimum Gasteiger partial charge on any atom is -0.444 e. The average molecular weight is 311 g/mol. The zero-order valence-electron chi connectivity index (χ0n) is 13.1. The van der Waals surface area contributed by atoms with Crippen LogP contribution in [0.25, 0.3) is 0 Å². The molecule has 0 aromatic heterocycles. The third-order valence-electron chi connectivity index (χ3n) is 3.45. The fourth-order valence-corrected chi connectivity index (χ4v) is 2.55. The Balaban J connectivity index is 3.11. The number of rotatable bonds is 1. The number of halogens is 3. The molecule has 7 heteroatoms. The molecule has 0 radical (unpaired) electrons. The van der Waals surface area contributed by atoms with Gasteiger partial charge in [0.2, 0.25) is 0 Å². The molecule has 1 N–H and O–H groups in total. The molecule has 0 aromatic rings. The number of aliphatic hydroxyl groups is 1. The number of alkyl halides is 3. The lowest BCUT2D eigenvalue weighted by Crippen LogP contribution is -2.61. The van der Waals surface area contributed by atoms with Gasteiger partial charge in [0.15, 0.2) is 0 Å². The zero-order chi connectivity index (χ0) is 16.6. The summed E-state index contributed by atoms with van der Waals surface area (Å²) in [6.45, 7) is 8.28. The molecule has 3 unspecified atom stereocenters. The summed E-state index contributed by atoms with van der Waals surface area (Å²) in [6.07, 6.45) is -7.01. The number of nitrogens with zero attached hydrogens (tertiary/aromatic N) is 1. The maximum Gasteiger partial charge on any atom is 0.411 e. The molecule has 4 nitrogen and oxygen atoms in total. The summed E-state index contributed by atoms with van der Waals surface area (Å²) in [6, 6.07) is -2.71. The van der Waals surface area contributed by atoms with E-state index in [1.807, 2.05) is 0 Å². The van der Waals surface area contributed by atoms with E-state index in [1.165, 1.54) is 0 Å². The first-order valence-corrected chi connectivity index (χ1v) is 7.09. The van der Waals surface area contributed by atoms with Crippen molar-refractivity contribution >= 4 is 6.09 Å². The Morgan fingerprint density at radius 1 is 1.24 bits per heavy atom. The van der Waals surface area contributed by atoms with E-state index in [1.54, 1.807) is 34.6 Å². The molecule has 0 saturated carbocycles. The van der Waals surface area contributed by atoms with Crippen LogP contribution < -0.4 is 0 Å². The van der Waals surface area contributed by atoms with Crippen LogP contribution in [0.3, 0.4) is 0 Å². The maximum absolute atomic E-state index is 13.2. The van der Waals surface area contributed by atoms with Gasteiger partial charge in [-0.15, -0.1) is 0 Å². The number of ether oxygens (including phenoxy) is 1. The van der Waals surface area contributed by atoms with Crippen molar-refractivity contribution in [3.63, 3.8) is 0 Å². The first-order chi connectivity index (χ1) is 9.33. The van der Waals surface area contributed by atoms with Gasteiger partial charge in [-0.25, -0.2) is 4.79 Å². The summed E-state index contributed by atoms with van der Waals surface area (Å²) >= 11 is 0. The van der Waals surface area contributed by atoms with Gasteiger partial charge in [0.25, 0.3) is 0 Å². The second kappa shape index (κ2) is 6.02. The van der Waals surface area contributed by atoms with E-state index in [9.17, 15) is 23.1 Å². The molecule has 21 heavy (non-hydrogen) atoms. The molecule has 1 saturated heterocycles. The Kier molecular flexibility index (Phi) is 5.18. The van der Waals surface area contributed by atoms with Crippen molar-refractivity contribution in [1.29, 1.82) is 0 Å². The summed E-state index contributed by atoms with van der Waals surface area (Å²) in [5, 5.41) is 9.72. The summed E-state index contributed by atoms with van der Waals surface area (Å²) in [5.74, 6) is -0.211. The largest absolute Gasteiger partial charge is 0.444 e. The number of likely N-dealkylation sites (tertiary alicyclic amines) is 1. The summed E-state index contributed by atoms with van der Waals surface area (Å²) in [7, 11) is 0. The Bertz CT molecular complexity index is 377. The van der Waals surface area contributed by atoms with Crippen molar-refractivity contribution in [3.05, 3.63) is 0 Å². The monoisotopic (exact) mass is 311 g/mol. The second-order valence-electron chi connectivity index (χ2n) is 6.88. The van der Waals surface area contributed by atoms with Crippen molar-refractivity contribution in [1.82, 2.24) is 4.90 Å². The SMILES string of the molecule is CC(C)C1CC(O)CC(C(F)(F)F)N1C(=O)OC(C)(C)C. The smallest absolute Gasteiger partial charge is 0.411 e. The van der Waals surface area contributed by atoms with E-state index in [4.69, 9.17) is 4.74 Å². The van der Waals surface area contributed by atoms with Crippen LogP contribution in [0.4, 0.5) is 18.0 Å². The van der Waals surface area contributed by atoms with Crippen molar-refractivity contribution in [2.24, 2.45) is 5.92 Å². The number of hydrogen-bond donors (Lipinski definition) is 1. The van der Waals surface area contributed by atoms with Crippen LogP contribution in [0.5, 0.6) is 0 Å². The maximum atomic E-state index is 13.2. The van der Waals surface area contributed by atoms with Gasteiger partial charge >= 0.3 is 12.3 Å². The predicted octanol–water partition coefficient (Wildman–Crippen LogP) is 3.33. The van der Waals surface area contributed by atoms with Gasteiger partial charge in [-0.1, -0.05) is 13.8 Å². The fraction of sp³-hybridized carbons (Fsp3) is 0.929. The third-order valence-corrected chi connectivity index (χ3v) is 3.45. The first kappa shape index (κ1) is 18.1. The highest BCUT2D eigenvalue weighted by Crippen LogP contribution is 2.37. The zero-order valence-corrected chi connectivity index (χ0v) is 13.1. The molecule has 1 rings (SSSR count). The lowest BCUT2D eigenvalue weighted by atomic mass is 9.87. The minimum atomic E-state index is -4.59. The van der Waals surface area contributed by atoms with Gasteiger partial charge in [0.1, 0.15) is 11.6 Å². The highest BCUT2D eigenvalue weighted by atomic mass is 19.4. The molecule has 1 heterocycles. The van der Waals surface area contributed by atoms with E-state index >= 15 is 0 Å². The number of hydrogen-bond acceptors (Lipinski definition) is 3. The number of carbonyl (C=O) groups excluding carboxylic acids is 1. The van der Waals surface area contributed by atoms with Gasteiger partial charge < -0.3 is 9.84 Å². The number of piperidine rings is 1. The van der Waals surface area contributed by atoms with E-state index < -0.39 is 42.5 Å². The molecule has 1 fully saturated rings. The van der Waals surface area contributed by atoms with E-state index in [0.29, 0.717) is 0 Å². The molecule has 1 aliphatic rings. The van der Waals surface area contributed by atoms with Gasteiger partial charge in [-0.05, 0) is 33.1 Å². The topological polar surface area (TPSA) is 49.8 Å². The molecule has 1 amide bonds. The molecular formula is C14H24F3NO3. The number of aliphatic hydroxyl groups excluding tert-OH is 1. The lowest BCUT2D eigenvalue weighted by molar-refractivity contribution is -0.206. The minimum absolute atomic E-state index is 0.128. The number of carbonyl (C=O) groups is 1. The predicted molar refractivity (Wildman–Crippen MR) is 71.8 cm³/mol. The molecule has 0 spiro atoms. The standard InChI is InChI=1S/C14H24F3NO3/c1-8(2)10-6-9(19)7-11(14(15,16)17)18(10)12(20)21-13(3,4)5/h8-11,19H,6-7H2,1-5H3. The van der Waals surface area contributed by atoms with Crippen LogP contribution in [-0.4, -0.2) is 46.1 Å². The van der Waals surface area contributed by atoms with E-state index in [2.05, 4.69) is 0 Å². The molecular weight excluding hydrogens is 287 g/mol. The van der Waals surface area contributed by atoms with E-state index in [0.717, 1.165) is 4.90 Å². The van der Waals surface area contributed by atoms with Crippen LogP contribution >= 0.6 is 0 Å². The van der Waals surface area contributed by atoms with Gasteiger partial charge in [0.05, 0.1) is 6.10 Å². The summed E-state index contributed by atoms with van der Waals surface area (Å²) < 4.78 is 44.8. The van der Waals surface area contributed by atoms with Gasteiger partial charge in [0, 0.05) is 12.5 Å². The molecule has 0 aromatic carbocycles. The van der Waals surface area contributed by atoms with Crippen molar-refractivity contribution < 1.29 is 27.8 Å². The fourth-order valence-electron chi connectivity index (χ4n) is 2.55. The molecule has 124 valence electrons. The van der Waals surface area contributed by atoms with Gasteiger partial charge in [-0.3, -0.25) is 4.90 Å². The van der Waals surface area contributed by atoms with Crippen molar-refractivity contribution in [3.8, 4) is 0 Å².